The minimum atomic E-state index is -0.462. The van der Waals surface area contributed by atoms with Gasteiger partial charge in [-0.2, -0.15) is 0 Å². The Balaban J connectivity index is 1.38. The lowest BCUT2D eigenvalue weighted by atomic mass is 10.1. The van der Waals surface area contributed by atoms with Crippen LogP contribution in [-0.2, 0) is 6.54 Å². The van der Waals surface area contributed by atoms with E-state index in [0.29, 0.717) is 13.2 Å². The van der Waals surface area contributed by atoms with E-state index in [9.17, 15) is 5.11 Å². The molecule has 2 aromatic rings. The van der Waals surface area contributed by atoms with Crippen molar-refractivity contribution in [2.24, 2.45) is 0 Å². The fraction of sp³-hybridized carbons (Fsp3) is 0.455. The molecule has 0 spiro atoms. The zero-order chi connectivity index (χ0) is 18.4. The van der Waals surface area contributed by atoms with Gasteiger partial charge in [0.1, 0.15) is 18.5 Å². The maximum atomic E-state index is 10.3. The van der Waals surface area contributed by atoms with Crippen LogP contribution in [0.5, 0.6) is 5.75 Å². The Labute approximate surface area is 157 Å². The molecule has 2 aromatic carbocycles. The van der Waals surface area contributed by atoms with Crippen molar-refractivity contribution >= 4 is 0 Å². The molecule has 140 valence electrons. The van der Waals surface area contributed by atoms with Crippen molar-refractivity contribution in [3.05, 3.63) is 65.2 Å². The summed E-state index contributed by atoms with van der Waals surface area (Å²) in [5, 5.41) is 10.3. The summed E-state index contributed by atoms with van der Waals surface area (Å²) in [4.78, 5) is 4.81. The van der Waals surface area contributed by atoms with Gasteiger partial charge in [0.15, 0.2) is 0 Å². The Morgan fingerprint density at radius 1 is 0.923 bits per heavy atom. The number of ether oxygens (including phenoxy) is 1. The molecule has 4 heteroatoms. The molecule has 0 amide bonds. The predicted octanol–water partition coefficient (Wildman–Crippen LogP) is 2.86. The molecule has 1 fully saturated rings. The highest BCUT2D eigenvalue weighted by Gasteiger charge is 2.19. The van der Waals surface area contributed by atoms with Crippen molar-refractivity contribution in [3.8, 4) is 5.75 Å². The highest BCUT2D eigenvalue weighted by atomic mass is 16.5. The molecular weight excluding hydrogens is 324 g/mol. The van der Waals surface area contributed by atoms with Gasteiger partial charge >= 0.3 is 0 Å². The van der Waals surface area contributed by atoms with Gasteiger partial charge in [-0.3, -0.25) is 9.80 Å². The average molecular weight is 354 g/mol. The van der Waals surface area contributed by atoms with Crippen molar-refractivity contribution in [2.45, 2.75) is 26.5 Å². The van der Waals surface area contributed by atoms with Crippen LogP contribution in [0.1, 0.15) is 16.7 Å². The molecule has 4 nitrogen and oxygen atoms in total. The summed E-state index contributed by atoms with van der Waals surface area (Å²) in [6.45, 7) is 10.2. The first kappa shape index (κ1) is 18.9. The molecule has 0 aliphatic carbocycles. The van der Waals surface area contributed by atoms with Crippen molar-refractivity contribution in [1.29, 1.82) is 0 Å². The lowest BCUT2D eigenvalue weighted by Crippen LogP contribution is -2.48. The van der Waals surface area contributed by atoms with E-state index in [2.05, 4.69) is 60.0 Å². The third-order valence-corrected chi connectivity index (χ3v) is 4.82. The second-order valence-electron chi connectivity index (χ2n) is 7.35. The number of aliphatic hydroxyl groups is 1. The summed E-state index contributed by atoms with van der Waals surface area (Å²) in [5.41, 5.74) is 3.73. The van der Waals surface area contributed by atoms with Gasteiger partial charge in [-0.15, -0.1) is 0 Å². The summed E-state index contributed by atoms with van der Waals surface area (Å²) in [6, 6.07) is 16.8. The number of piperazine rings is 1. The van der Waals surface area contributed by atoms with E-state index >= 15 is 0 Å². The molecule has 26 heavy (non-hydrogen) atoms. The van der Waals surface area contributed by atoms with Crippen LogP contribution in [0.4, 0.5) is 0 Å². The van der Waals surface area contributed by atoms with Gasteiger partial charge in [-0.25, -0.2) is 0 Å². The minimum Gasteiger partial charge on any atom is -0.491 e. The predicted molar refractivity (Wildman–Crippen MR) is 106 cm³/mol. The maximum Gasteiger partial charge on any atom is 0.119 e. The molecule has 1 heterocycles. The van der Waals surface area contributed by atoms with E-state index in [1.54, 1.807) is 0 Å². The first-order valence-corrected chi connectivity index (χ1v) is 9.46. The first-order valence-electron chi connectivity index (χ1n) is 9.46. The van der Waals surface area contributed by atoms with Gasteiger partial charge < -0.3 is 9.84 Å². The monoisotopic (exact) mass is 354 g/mol. The molecule has 1 aliphatic rings. The van der Waals surface area contributed by atoms with Gasteiger partial charge in [-0.1, -0.05) is 36.4 Å². The van der Waals surface area contributed by atoms with E-state index in [4.69, 9.17) is 4.74 Å². The SMILES string of the molecule is Cc1cc(C)cc(OC[C@@H](O)CN2CCN(Cc3ccccc3)CC2)c1. The number of hydrogen-bond donors (Lipinski definition) is 1. The Kier molecular flexibility index (Phi) is 6.67. The molecule has 0 saturated carbocycles. The molecule has 1 saturated heterocycles. The van der Waals surface area contributed by atoms with E-state index in [-0.39, 0.29) is 0 Å². The van der Waals surface area contributed by atoms with Crippen LogP contribution in [0.25, 0.3) is 0 Å². The number of benzene rings is 2. The lowest BCUT2D eigenvalue weighted by Gasteiger charge is -2.35. The molecule has 1 N–H and O–H groups in total. The summed E-state index contributed by atoms with van der Waals surface area (Å²) in [7, 11) is 0. The number of hydrogen-bond acceptors (Lipinski definition) is 4. The fourth-order valence-electron chi connectivity index (χ4n) is 3.53. The van der Waals surface area contributed by atoms with Gasteiger partial charge in [-0.05, 0) is 42.7 Å². The number of aliphatic hydroxyl groups excluding tert-OH is 1. The summed E-state index contributed by atoms with van der Waals surface area (Å²) in [5.74, 6) is 0.842. The van der Waals surface area contributed by atoms with Crippen molar-refractivity contribution in [3.63, 3.8) is 0 Å². The highest BCUT2D eigenvalue weighted by molar-refractivity contribution is 5.33. The number of rotatable bonds is 7. The Morgan fingerprint density at radius 2 is 1.54 bits per heavy atom. The van der Waals surface area contributed by atoms with Crippen molar-refractivity contribution < 1.29 is 9.84 Å². The zero-order valence-corrected chi connectivity index (χ0v) is 15.9. The van der Waals surface area contributed by atoms with Crippen LogP contribution in [0, 0.1) is 13.8 Å². The van der Waals surface area contributed by atoms with Crippen molar-refractivity contribution in [1.82, 2.24) is 9.80 Å². The van der Waals surface area contributed by atoms with E-state index in [1.165, 1.54) is 16.7 Å². The number of aryl methyl sites for hydroxylation is 2. The Hall–Kier alpha value is -1.88. The van der Waals surface area contributed by atoms with E-state index < -0.39 is 6.10 Å². The summed E-state index contributed by atoms with van der Waals surface area (Å²) in [6.07, 6.45) is -0.462. The third-order valence-electron chi connectivity index (χ3n) is 4.82. The molecule has 0 aromatic heterocycles. The zero-order valence-electron chi connectivity index (χ0n) is 15.9. The van der Waals surface area contributed by atoms with Gasteiger partial charge in [0.25, 0.3) is 0 Å². The topological polar surface area (TPSA) is 35.9 Å². The van der Waals surface area contributed by atoms with Crippen LogP contribution >= 0.6 is 0 Å². The largest absolute Gasteiger partial charge is 0.491 e. The van der Waals surface area contributed by atoms with Crippen LogP contribution in [0.3, 0.4) is 0 Å². The minimum absolute atomic E-state index is 0.340. The lowest BCUT2D eigenvalue weighted by molar-refractivity contribution is 0.0446. The second kappa shape index (κ2) is 9.17. The number of nitrogens with zero attached hydrogens (tertiary/aromatic N) is 2. The third kappa shape index (κ3) is 5.84. The number of β-amino-alcohol motifs (C(OH)–C–C–N with tert-alkyl or cyclic N) is 1. The summed E-state index contributed by atoms with van der Waals surface area (Å²) >= 11 is 0. The maximum absolute atomic E-state index is 10.3. The summed E-state index contributed by atoms with van der Waals surface area (Å²) < 4.78 is 5.78. The van der Waals surface area contributed by atoms with Crippen LogP contribution in [0.2, 0.25) is 0 Å². The Bertz CT molecular complexity index is 662. The smallest absolute Gasteiger partial charge is 0.119 e. The van der Waals surface area contributed by atoms with Crippen LogP contribution < -0.4 is 4.74 Å². The van der Waals surface area contributed by atoms with Crippen molar-refractivity contribution in [2.75, 3.05) is 39.3 Å². The molecule has 1 aliphatic heterocycles. The van der Waals surface area contributed by atoms with Crippen LogP contribution in [0.15, 0.2) is 48.5 Å². The highest BCUT2D eigenvalue weighted by Crippen LogP contribution is 2.16. The average Bonchev–Trinajstić information content (AvgIpc) is 2.62. The van der Waals surface area contributed by atoms with E-state index in [1.807, 2.05) is 12.1 Å². The molecule has 3 rings (SSSR count). The molecule has 1 atom stereocenters. The quantitative estimate of drug-likeness (QED) is 0.829. The molecule has 0 bridgehead atoms. The standard InChI is InChI=1S/C22H30N2O2/c1-18-12-19(2)14-22(13-18)26-17-21(25)16-24-10-8-23(9-11-24)15-20-6-4-3-5-7-20/h3-7,12-14,21,25H,8-11,15-17H2,1-2H3/t21-/m0/s1. The van der Waals surface area contributed by atoms with Gasteiger partial charge in [0.05, 0.1) is 0 Å². The normalized spacial score (nSPS) is 17.2. The molecule has 0 unspecified atom stereocenters. The van der Waals surface area contributed by atoms with Gasteiger partial charge in [0.2, 0.25) is 0 Å². The second-order valence-corrected chi connectivity index (χ2v) is 7.35. The molecular formula is C22H30N2O2. The van der Waals surface area contributed by atoms with Gasteiger partial charge in [0, 0.05) is 39.3 Å². The fourth-order valence-corrected chi connectivity index (χ4v) is 3.53. The van der Waals surface area contributed by atoms with E-state index in [0.717, 1.165) is 38.5 Å². The van der Waals surface area contributed by atoms with Crippen LogP contribution in [-0.4, -0.2) is 60.3 Å². The first-order chi connectivity index (χ1) is 12.6. The molecule has 0 radical (unpaired) electrons. The Morgan fingerprint density at radius 3 is 2.19 bits per heavy atom.